The van der Waals surface area contributed by atoms with E-state index in [9.17, 15) is 0 Å². The molecule has 2 N–H and O–H groups in total. The van der Waals surface area contributed by atoms with Crippen LogP contribution in [0.1, 0.15) is 23.7 Å². The number of nitrogens with two attached hydrogens (primary N) is 1. The van der Waals surface area contributed by atoms with E-state index < -0.39 is 0 Å². The largest absolute Gasteiger partial charge is 0.402 e. The molecule has 0 unspecified atom stereocenters. The molecule has 0 aliphatic heterocycles. The van der Waals surface area contributed by atoms with Gasteiger partial charge in [-0.3, -0.25) is 0 Å². The summed E-state index contributed by atoms with van der Waals surface area (Å²) < 4.78 is 1.03. The zero-order valence-corrected chi connectivity index (χ0v) is 12.9. The quantitative estimate of drug-likeness (QED) is 0.803. The summed E-state index contributed by atoms with van der Waals surface area (Å²) in [6.45, 7) is 1.88. The van der Waals surface area contributed by atoms with Crippen LogP contribution in [0.3, 0.4) is 0 Å². The maximum absolute atomic E-state index is 8.76. The minimum atomic E-state index is 0.406. The van der Waals surface area contributed by atoms with Crippen molar-refractivity contribution in [2.24, 2.45) is 5.73 Å². The average Bonchev–Trinajstić information content (AvgIpc) is 2.98. The molecular formula is C17H14N4S. The number of nitrogens with zero attached hydrogens (tertiary/aromatic N) is 3. The molecule has 0 bridgehead atoms. The second-order valence-electron chi connectivity index (χ2n) is 4.95. The highest BCUT2D eigenvalue weighted by Crippen LogP contribution is 2.31. The summed E-state index contributed by atoms with van der Waals surface area (Å²) in [5.41, 5.74) is 11.5. The number of fused-ring (bicyclic) bond motifs is 1. The smallest absolute Gasteiger partial charge is 0.116 e. The van der Waals surface area contributed by atoms with Crippen LogP contribution < -0.4 is 5.73 Å². The molecule has 0 saturated carbocycles. The SMILES string of the molecule is C/C(N)=C(\c1ccc(CC#N)cc1)c1ncnc2ccsc12. The lowest BCUT2D eigenvalue weighted by Gasteiger charge is -2.11. The normalized spacial score (nSPS) is 12.0. The Morgan fingerprint density at radius 3 is 2.68 bits per heavy atom. The van der Waals surface area contributed by atoms with E-state index in [2.05, 4.69) is 16.0 Å². The third-order valence-corrected chi connectivity index (χ3v) is 4.31. The number of allylic oxidation sites excluding steroid dienone is 1. The van der Waals surface area contributed by atoms with E-state index >= 15 is 0 Å². The Hall–Kier alpha value is -2.71. The number of hydrogen-bond acceptors (Lipinski definition) is 5. The van der Waals surface area contributed by atoms with Gasteiger partial charge in [-0.1, -0.05) is 24.3 Å². The van der Waals surface area contributed by atoms with Gasteiger partial charge in [0.2, 0.25) is 0 Å². The van der Waals surface area contributed by atoms with Gasteiger partial charge >= 0.3 is 0 Å². The average molecular weight is 306 g/mol. The van der Waals surface area contributed by atoms with Crippen LogP contribution >= 0.6 is 11.3 Å². The summed E-state index contributed by atoms with van der Waals surface area (Å²) in [4.78, 5) is 8.72. The van der Waals surface area contributed by atoms with Crippen LogP contribution in [-0.2, 0) is 6.42 Å². The van der Waals surface area contributed by atoms with E-state index in [1.807, 2.05) is 42.6 Å². The zero-order valence-electron chi connectivity index (χ0n) is 12.1. The van der Waals surface area contributed by atoms with Gasteiger partial charge in [-0.25, -0.2) is 9.97 Å². The van der Waals surface area contributed by atoms with Crippen molar-refractivity contribution in [3.05, 3.63) is 64.6 Å². The van der Waals surface area contributed by atoms with E-state index in [0.717, 1.165) is 32.6 Å². The molecule has 0 amide bonds. The maximum Gasteiger partial charge on any atom is 0.116 e. The molecule has 4 nitrogen and oxygen atoms in total. The molecule has 0 saturated heterocycles. The van der Waals surface area contributed by atoms with Gasteiger partial charge in [0.1, 0.15) is 6.33 Å². The van der Waals surface area contributed by atoms with Gasteiger partial charge in [-0.15, -0.1) is 11.3 Å². The third kappa shape index (κ3) is 2.57. The van der Waals surface area contributed by atoms with Crippen LogP contribution in [0.25, 0.3) is 15.8 Å². The van der Waals surface area contributed by atoms with Crippen molar-refractivity contribution in [1.82, 2.24) is 9.97 Å². The predicted octanol–water partition coefficient (Wildman–Crippen LogP) is 3.50. The van der Waals surface area contributed by atoms with E-state index in [-0.39, 0.29) is 0 Å². The van der Waals surface area contributed by atoms with Gasteiger partial charge in [0.05, 0.1) is 28.4 Å². The Kier molecular flexibility index (Phi) is 3.86. The molecule has 3 rings (SSSR count). The van der Waals surface area contributed by atoms with Crippen LogP contribution in [0.2, 0.25) is 0 Å². The van der Waals surface area contributed by atoms with Crippen molar-refractivity contribution in [1.29, 1.82) is 5.26 Å². The fourth-order valence-corrected chi connectivity index (χ4v) is 3.24. The molecular weight excluding hydrogens is 292 g/mol. The topological polar surface area (TPSA) is 75.6 Å². The minimum Gasteiger partial charge on any atom is -0.402 e. The molecule has 0 aliphatic rings. The molecule has 0 fully saturated rings. The first-order valence-electron chi connectivity index (χ1n) is 6.82. The van der Waals surface area contributed by atoms with Gasteiger partial charge < -0.3 is 5.73 Å². The summed E-state index contributed by atoms with van der Waals surface area (Å²) in [7, 11) is 0. The summed E-state index contributed by atoms with van der Waals surface area (Å²) in [6.07, 6.45) is 1.97. The Bertz CT molecular complexity index is 881. The molecule has 0 atom stereocenters. The van der Waals surface area contributed by atoms with Crippen LogP contribution in [0.5, 0.6) is 0 Å². The van der Waals surface area contributed by atoms with Crippen molar-refractivity contribution in [2.45, 2.75) is 13.3 Å². The Morgan fingerprint density at radius 2 is 2.00 bits per heavy atom. The van der Waals surface area contributed by atoms with E-state index in [0.29, 0.717) is 12.1 Å². The monoisotopic (exact) mass is 306 g/mol. The highest BCUT2D eigenvalue weighted by molar-refractivity contribution is 7.17. The maximum atomic E-state index is 8.76. The van der Waals surface area contributed by atoms with Crippen LogP contribution in [0.4, 0.5) is 0 Å². The first-order valence-corrected chi connectivity index (χ1v) is 7.70. The molecule has 5 heteroatoms. The molecule has 2 heterocycles. The number of nitriles is 1. The van der Waals surface area contributed by atoms with Crippen molar-refractivity contribution in [3.63, 3.8) is 0 Å². The number of hydrogen-bond donors (Lipinski definition) is 1. The van der Waals surface area contributed by atoms with Crippen LogP contribution in [0.15, 0.2) is 47.7 Å². The van der Waals surface area contributed by atoms with Crippen LogP contribution in [0, 0.1) is 11.3 Å². The molecule has 0 spiro atoms. The van der Waals surface area contributed by atoms with Gasteiger partial charge in [-0.2, -0.15) is 5.26 Å². The Morgan fingerprint density at radius 1 is 1.23 bits per heavy atom. The standard InChI is InChI=1S/C17H14N4S/c1-11(19)15(13-4-2-12(3-5-13)6-8-18)16-17-14(7-9-22-17)20-10-21-16/h2-5,7,9-10H,6,19H2,1H3/b15-11-. The predicted molar refractivity (Wildman–Crippen MR) is 89.1 cm³/mol. The second kappa shape index (κ2) is 5.96. The fraction of sp³-hybridized carbons (Fsp3) is 0.118. The van der Waals surface area contributed by atoms with Crippen molar-refractivity contribution in [3.8, 4) is 6.07 Å². The zero-order chi connectivity index (χ0) is 15.5. The fourth-order valence-electron chi connectivity index (χ4n) is 2.40. The molecule has 22 heavy (non-hydrogen) atoms. The van der Waals surface area contributed by atoms with Gasteiger partial charge in [-0.05, 0) is 29.5 Å². The highest BCUT2D eigenvalue weighted by Gasteiger charge is 2.14. The van der Waals surface area contributed by atoms with Crippen molar-refractivity contribution in [2.75, 3.05) is 0 Å². The Labute approximate surface area is 132 Å². The summed E-state index contributed by atoms with van der Waals surface area (Å²) in [5, 5.41) is 10.8. The molecule has 2 aromatic heterocycles. The van der Waals surface area contributed by atoms with Gasteiger partial charge in [0.25, 0.3) is 0 Å². The molecule has 3 aromatic rings. The van der Waals surface area contributed by atoms with Gasteiger partial charge in [0, 0.05) is 11.3 Å². The van der Waals surface area contributed by atoms with Crippen molar-refractivity contribution < 1.29 is 0 Å². The summed E-state index contributed by atoms with van der Waals surface area (Å²) in [6, 6.07) is 12.0. The molecule has 0 radical (unpaired) electrons. The number of benzene rings is 1. The van der Waals surface area contributed by atoms with Crippen molar-refractivity contribution >= 4 is 27.1 Å². The van der Waals surface area contributed by atoms with Gasteiger partial charge in [0.15, 0.2) is 0 Å². The molecule has 1 aromatic carbocycles. The van der Waals surface area contributed by atoms with E-state index in [1.54, 1.807) is 17.7 Å². The lowest BCUT2D eigenvalue weighted by Crippen LogP contribution is -2.02. The van der Waals surface area contributed by atoms with E-state index in [4.69, 9.17) is 11.0 Å². The molecule has 0 aliphatic carbocycles. The Balaban J connectivity index is 2.14. The summed E-state index contributed by atoms with van der Waals surface area (Å²) in [5.74, 6) is 0. The number of thiophene rings is 1. The lowest BCUT2D eigenvalue weighted by atomic mass is 9.98. The number of rotatable bonds is 3. The third-order valence-electron chi connectivity index (χ3n) is 3.40. The van der Waals surface area contributed by atoms with E-state index in [1.165, 1.54) is 0 Å². The summed E-state index contributed by atoms with van der Waals surface area (Å²) >= 11 is 1.61. The molecule has 108 valence electrons. The highest BCUT2D eigenvalue weighted by atomic mass is 32.1. The first-order chi connectivity index (χ1) is 10.7. The first kappa shape index (κ1) is 14.2. The lowest BCUT2D eigenvalue weighted by molar-refractivity contribution is 1.18. The minimum absolute atomic E-state index is 0.406. The van der Waals surface area contributed by atoms with Crippen LogP contribution in [-0.4, -0.2) is 9.97 Å². The number of aromatic nitrogens is 2. The second-order valence-corrected chi connectivity index (χ2v) is 5.86.